The summed E-state index contributed by atoms with van der Waals surface area (Å²) in [7, 11) is 0. The lowest BCUT2D eigenvalue weighted by molar-refractivity contribution is -0.00931. The predicted octanol–water partition coefficient (Wildman–Crippen LogP) is 3.08. The van der Waals surface area contributed by atoms with Crippen molar-refractivity contribution in [3.05, 3.63) is 16.1 Å². The van der Waals surface area contributed by atoms with Gasteiger partial charge >= 0.3 is 12.1 Å². The molecule has 2 saturated heterocycles. The van der Waals surface area contributed by atoms with Gasteiger partial charge in [0, 0.05) is 24.5 Å². The largest absolute Gasteiger partial charge is 0.461 e. The molecule has 0 spiro atoms. The third kappa shape index (κ3) is 4.17. The molecule has 0 unspecified atom stereocenters. The van der Waals surface area contributed by atoms with E-state index in [-0.39, 0.29) is 12.1 Å². The number of hydrogen-bond donors (Lipinski definition) is 0. The van der Waals surface area contributed by atoms with Crippen LogP contribution in [0.1, 0.15) is 62.1 Å². The minimum Gasteiger partial charge on any atom is -0.461 e. The van der Waals surface area contributed by atoms with Gasteiger partial charge in [-0.3, -0.25) is 9.80 Å². The molecule has 2 atom stereocenters. The second-order valence-electron chi connectivity index (χ2n) is 7.73. The fraction of sp³-hybridized carbons (Fsp3) is 0.722. The summed E-state index contributed by atoms with van der Waals surface area (Å²) in [5.74, 6) is -0.423. The molecule has 2 fully saturated rings. The molecule has 3 rings (SSSR count). The van der Waals surface area contributed by atoms with Gasteiger partial charge in [0.2, 0.25) is 0 Å². The number of ether oxygens (including phenoxy) is 2. The molecule has 2 aliphatic heterocycles. The van der Waals surface area contributed by atoms with E-state index in [4.69, 9.17) is 9.47 Å². The zero-order valence-corrected chi connectivity index (χ0v) is 16.7. The van der Waals surface area contributed by atoms with Gasteiger partial charge in [0.25, 0.3) is 0 Å². The summed E-state index contributed by atoms with van der Waals surface area (Å²) in [5, 5.41) is 2.46. The Kier molecular flexibility index (Phi) is 5.53. The summed E-state index contributed by atoms with van der Waals surface area (Å²) < 4.78 is 10.7. The number of esters is 1. The van der Waals surface area contributed by atoms with Crippen LogP contribution in [0.5, 0.6) is 0 Å². The standard InChI is InChI=1S/C18H27N3O4S/c1-5-24-16(22)13-11-26-15(19-13)14-10-20-8-6-7-12(20)9-21(14)17(23)25-18(2,3)4/h11-12,14H,5-10H2,1-4H3/t12-,14-/m0/s1. The van der Waals surface area contributed by atoms with Gasteiger partial charge in [-0.2, -0.15) is 0 Å². The fourth-order valence-corrected chi connectivity index (χ4v) is 4.38. The van der Waals surface area contributed by atoms with Crippen LogP contribution >= 0.6 is 11.3 Å². The first-order valence-corrected chi connectivity index (χ1v) is 10.0. The number of carbonyl (C=O) groups is 2. The van der Waals surface area contributed by atoms with Crippen LogP contribution in [-0.4, -0.2) is 64.7 Å². The number of amides is 1. The molecule has 0 N–H and O–H groups in total. The number of rotatable bonds is 3. The van der Waals surface area contributed by atoms with Gasteiger partial charge in [0.15, 0.2) is 5.69 Å². The molecule has 0 aromatic carbocycles. The van der Waals surface area contributed by atoms with Gasteiger partial charge < -0.3 is 9.47 Å². The van der Waals surface area contributed by atoms with Crippen molar-refractivity contribution in [2.24, 2.45) is 0 Å². The molecule has 0 saturated carbocycles. The van der Waals surface area contributed by atoms with Crippen molar-refractivity contribution in [2.45, 2.75) is 58.2 Å². The molecule has 0 radical (unpaired) electrons. The van der Waals surface area contributed by atoms with Crippen molar-refractivity contribution in [1.82, 2.24) is 14.8 Å². The van der Waals surface area contributed by atoms with E-state index in [1.165, 1.54) is 11.3 Å². The highest BCUT2D eigenvalue weighted by Gasteiger charge is 2.42. The maximum atomic E-state index is 12.8. The maximum absolute atomic E-state index is 12.8. The average molecular weight is 381 g/mol. The number of carbonyl (C=O) groups excluding carboxylic acids is 2. The van der Waals surface area contributed by atoms with Gasteiger partial charge in [-0.1, -0.05) is 0 Å². The van der Waals surface area contributed by atoms with Crippen LogP contribution in [0.15, 0.2) is 5.38 Å². The first kappa shape index (κ1) is 19.1. The number of aromatic nitrogens is 1. The zero-order valence-electron chi connectivity index (χ0n) is 15.9. The molecule has 2 aliphatic rings. The highest BCUT2D eigenvalue weighted by Crippen LogP contribution is 2.35. The monoisotopic (exact) mass is 381 g/mol. The van der Waals surface area contributed by atoms with E-state index in [0.717, 1.165) is 30.9 Å². The van der Waals surface area contributed by atoms with E-state index >= 15 is 0 Å². The quantitative estimate of drug-likeness (QED) is 0.750. The van der Waals surface area contributed by atoms with Crippen molar-refractivity contribution < 1.29 is 19.1 Å². The Balaban J connectivity index is 1.83. The second kappa shape index (κ2) is 7.52. The highest BCUT2D eigenvalue weighted by atomic mass is 32.1. The lowest BCUT2D eigenvalue weighted by atomic mass is 10.1. The summed E-state index contributed by atoms with van der Waals surface area (Å²) in [6, 6.07) is 0.177. The summed E-state index contributed by atoms with van der Waals surface area (Å²) >= 11 is 1.40. The van der Waals surface area contributed by atoms with Crippen molar-refractivity contribution in [3.63, 3.8) is 0 Å². The van der Waals surface area contributed by atoms with Crippen LogP contribution in [0, 0.1) is 0 Å². The van der Waals surface area contributed by atoms with E-state index in [2.05, 4.69) is 9.88 Å². The Morgan fingerprint density at radius 3 is 2.81 bits per heavy atom. The summed E-state index contributed by atoms with van der Waals surface area (Å²) in [6.07, 6.45) is 1.92. The molecule has 3 heterocycles. The zero-order chi connectivity index (χ0) is 18.9. The number of thiazole rings is 1. The normalized spacial score (nSPS) is 23.6. The molecule has 26 heavy (non-hydrogen) atoms. The molecule has 1 aromatic heterocycles. The predicted molar refractivity (Wildman–Crippen MR) is 98.3 cm³/mol. The van der Waals surface area contributed by atoms with Gasteiger partial charge in [-0.05, 0) is 47.1 Å². The first-order valence-electron chi connectivity index (χ1n) is 9.14. The molecule has 1 amide bonds. The summed E-state index contributed by atoms with van der Waals surface area (Å²) in [5.41, 5.74) is -0.243. The Bertz CT molecular complexity index is 670. The lowest BCUT2D eigenvalue weighted by Gasteiger charge is -2.42. The molecular formula is C18H27N3O4S. The molecule has 144 valence electrons. The van der Waals surface area contributed by atoms with Crippen LogP contribution in [0.2, 0.25) is 0 Å². The minimum absolute atomic E-state index is 0.202. The van der Waals surface area contributed by atoms with E-state index < -0.39 is 11.6 Å². The smallest absolute Gasteiger partial charge is 0.410 e. The third-order valence-corrected chi connectivity index (χ3v) is 5.56. The van der Waals surface area contributed by atoms with Crippen LogP contribution < -0.4 is 0 Å². The van der Waals surface area contributed by atoms with Gasteiger partial charge in [-0.15, -0.1) is 11.3 Å². The van der Waals surface area contributed by atoms with Gasteiger partial charge in [0.1, 0.15) is 10.6 Å². The van der Waals surface area contributed by atoms with E-state index in [1.807, 2.05) is 20.8 Å². The fourth-order valence-electron chi connectivity index (χ4n) is 3.49. The third-order valence-electron chi connectivity index (χ3n) is 4.61. The summed E-state index contributed by atoms with van der Waals surface area (Å²) in [6.45, 7) is 10.1. The molecule has 7 nitrogen and oxygen atoms in total. The molecule has 1 aromatic rings. The van der Waals surface area contributed by atoms with E-state index in [9.17, 15) is 9.59 Å². The van der Waals surface area contributed by atoms with Crippen molar-refractivity contribution in [1.29, 1.82) is 0 Å². The van der Waals surface area contributed by atoms with Crippen LogP contribution in [0.4, 0.5) is 4.79 Å². The maximum Gasteiger partial charge on any atom is 0.410 e. The van der Waals surface area contributed by atoms with Gasteiger partial charge in [0.05, 0.1) is 12.6 Å². The Labute approximate surface area is 158 Å². The van der Waals surface area contributed by atoms with Crippen molar-refractivity contribution in [2.75, 3.05) is 26.2 Å². The number of hydrogen-bond acceptors (Lipinski definition) is 7. The molecule has 8 heteroatoms. The highest BCUT2D eigenvalue weighted by molar-refractivity contribution is 7.09. The van der Waals surface area contributed by atoms with Crippen molar-refractivity contribution in [3.8, 4) is 0 Å². The van der Waals surface area contributed by atoms with Crippen LogP contribution in [0.25, 0.3) is 0 Å². The average Bonchev–Trinajstić information content (AvgIpc) is 3.21. The topological polar surface area (TPSA) is 72.0 Å². The minimum atomic E-state index is -0.548. The number of fused-ring (bicyclic) bond motifs is 1. The second-order valence-corrected chi connectivity index (χ2v) is 8.62. The molecule has 0 bridgehead atoms. The summed E-state index contributed by atoms with van der Waals surface area (Å²) in [4.78, 5) is 33.4. The Hall–Kier alpha value is -1.67. The SMILES string of the molecule is CCOC(=O)c1csc([C@@H]2CN3CCC[C@H]3CN2C(=O)OC(C)(C)C)n1. The Morgan fingerprint density at radius 1 is 1.35 bits per heavy atom. The van der Waals surface area contributed by atoms with Crippen LogP contribution in [-0.2, 0) is 9.47 Å². The van der Waals surface area contributed by atoms with Crippen molar-refractivity contribution >= 4 is 23.4 Å². The first-order chi connectivity index (χ1) is 12.3. The molecule has 0 aliphatic carbocycles. The lowest BCUT2D eigenvalue weighted by Crippen LogP contribution is -2.54. The van der Waals surface area contributed by atoms with Crippen LogP contribution in [0.3, 0.4) is 0 Å². The number of piperazine rings is 1. The number of nitrogens with zero attached hydrogens (tertiary/aromatic N) is 3. The van der Waals surface area contributed by atoms with Gasteiger partial charge in [-0.25, -0.2) is 14.6 Å². The van der Waals surface area contributed by atoms with E-state index in [1.54, 1.807) is 17.2 Å². The molecular weight excluding hydrogens is 354 g/mol. The Morgan fingerprint density at radius 2 is 2.12 bits per heavy atom. The van der Waals surface area contributed by atoms with E-state index in [0.29, 0.717) is 24.9 Å².